The Morgan fingerprint density at radius 1 is 0.526 bits per heavy atom. The molecule has 5 aromatic carbocycles. The normalized spacial score (nSPS) is 12.0. The number of halogens is 1. The van der Waals surface area contributed by atoms with Crippen molar-refractivity contribution < 1.29 is 13.2 Å². The van der Waals surface area contributed by atoms with Gasteiger partial charge in [0.2, 0.25) is 10.9 Å². The van der Waals surface area contributed by atoms with E-state index >= 15 is 0 Å². The lowest BCUT2D eigenvalue weighted by Crippen LogP contribution is -2.07. The molecular weight excluding hydrogens is 481 g/mol. The number of aromatic nitrogens is 1. The topological polar surface area (TPSA) is 65.3 Å². The van der Waals surface area contributed by atoms with Gasteiger partial charge in [-0.3, -0.25) is 9.59 Å². The van der Waals surface area contributed by atoms with Crippen LogP contribution in [0.25, 0.3) is 71.4 Å². The van der Waals surface area contributed by atoms with Gasteiger partial charge in [0.15, 0.2) is 11.4 Å². The highest BCUT2D eigenvalue weighted by Crippen LogP contribution is 2.33. The predicted octanol–water partition coefficient (Wildman–Crippen LogP) is 7.44. The number of hydrogen-bond acceptors (Lipinski definition) is 4. The van der Waals surface area contributed by atoms with Gasteiger partial charge in [-0.05, 0) is 48.5 Å². The molecule has 38 heavy (non-hydrogen) atoms. The SMILES string of the molecule is O=c1c2cc(-n3c4ccccc4c4ccccc43)ccc2oc2cc3oc4c(F)cccc4c(=O)c3cc12. The Morgan fingerprint density at radius 3 is 1.87 bits per heavy atom. The molecule has 0 bridgehead atoms. The number of benzene rings is 5. The Hall–Kier alpha value is -5.23. The maximum Gasteiger partial charge on any atom is 0.200 e. The molecule has 0 aliphatic rings. The van der Waals surface area contributed by atoms with Crippen molar-refractivity contribution in [2.75, 3.05) is 0 Å². The Balaban J connectivity index is 1.44. The van der Waals surface area contributed by atoms with E-state index in [-0.39, 0.29) is 38.3 Å². The summed E-state index contributed by atoms with van der Waals surface area (Å²) in [4.78, 5) is 26.9. The van der Waals surface area contributed by atoms with E-state index in [4.69, 9.17) is 8.83 Å². The molecule has 6 heteroatoms. The Labute approximate surface area is 212 Å². The predicted molar refractivity (Wildman–Crippen MR) is 148 cm³/mol. The third-order valence-electron chi connectivity index (χ3n) is 7.26. The zero-order valence-electron chi connectivity index (χ0n) is 19.7. The van der Waals surface area contributed by atoms with Gasteiger partial charge in [-0.15, -0.1) is 0 Å². The standard InChI is InChI=1S/C32H16FNO4/c33-24-9-5-8-20-30(35)23-15-22-28(16-29(23)38-32(20)24)37-27-13-12-17(14-21(27)31(22)36)34-25-10-3-1-6-18(25)19-7-2-4-11-26(19)34/h1-16H. The van der Waals surface area contributed by atoms with Crippen LogP contribution >= 0.6 is 0 Å². The van der Waals surface area contributed by atoms with Crippen molar-refractivity contribution >= 4 is 65.7 Å². The van der Waals surface area contributed by atoms with E-state index < -0.39 is 11.2 Å². The molecule has 0 atom stereocenters. The van der Waals surface area contributed by atoms with Gasteiger partial charge < -0.3 is 13.4 Å². The minimum atomic E-state index is -0.626. The van der Waals surface area contributed by atoms with Crippen LogP contribution in [0.15, 0.2) is 115 Å². The van der Waals surface area contributed by atoms with Gasteiger partial charge in [-0.1, -0.05) is 42.5 Å². The van der Waals surface area contributed by atoms with Gasteiger partial charge in [0.05, 0.1) is 32.6 Å². The van der Waals surface area contributed by atoms with Gasteiger partial charge in [0.25, 0.3) is 0 Å². The molecule has 0 aliphatic heterocycles. The number of rotatable bonds is 1. The summed E-state index contributed by atoms with van der Waals surface area (Å²) in [5.41, 5.74) is 2.92. The third kappa shape index (κ3) is 2.74. The quantitative estimate of drug-likeness (QED) is 0.221. The van der Waals surface area contributed by atoms with Gasteiger partial charge in [0, 0.05) is 22.5 Å². The Morgan fingerprint density at radius 2 is 1.13 bits per heavy atom. The first-order valence-corrected chi connectivity index (χ1v) is 12.1. The molecular formula is C32H16FNO4. The zero-order valence-corrected chi connectivity index (χ0v) is 19.7. The molecule has 0 N–H and O–H groups in total. The van der Waals surface area contributed by atoms with E-state index in [9.17, 15) is 14.0 Å². The minimum Gasteiger partial charge on any atom is -0.456 e. The Bertz CT molecular complexity index is 2360. The van der Waals surface area contributed by atoms with Gasteiger partial charge in [-0.2, -0.15) is 0 Å². The van der Waals surface area contributed by atoms with E-state index in [1.807, 2.05) is 36.4 Å². The summed E-state index contributed by atoms with van der Waals surface area (Å²) >= 11 is 0. The van der Waals surface area contributed by atoms with Gasteiger partial charge >= 0.3 is 0 Å². The molecule has 8 rings (SSSR count). The van der Waals surface area contributed by atoms with E-state index in [1.54, 1.807) is 6.07 Å². The first kappa shape index (κ1) is 20.9. The number of para-hydroxylation sites is 3. The molecule has 0 saturated heterocycles. The molecule has 0 amide bonds. The molecule has 8 aromatic rings. The van der Waals surface area contributed by atoms with Crippen LogP contribution in [-0.2, 0) is 0 Å². The second-order valence-corrected chi connectivity index (χ2v) is 9.37. The first-order valence-electron chi connectivity index (χ1n) is 12.1. The van der Waals surface area contributed by atoms with Crippen molar-refractivity contribution in [2.24, 2.45) is 0 Å². The molecule has 0 spiro atoms. The van der Waals surface area contributed by atoms with E-state index in [1.165, 1.54) is 30.3 Å². The van der Waals surface area contributed by atoms with Crippen LogP contribution in [0.1, 0.15) is 0 Å². The van der Waals surface area contributed by atoms with Gasteiger partial charge in [-0.25, -0.2) is 4.39 Å². The van der Waals surface area contributed by atoms with Crippen LogP contribution < -0.4 is 10.9 Å². The summed E-state index contributed by atoms with van der Waals surface area (Å²) in [5.74, 6) is -0.626. The lowest BCUT2D eigenvalue weighted by molar-refractivity contribution is 0.578. The van der Waals surface area contributed by atoms with Crippen molar-refractivity contribution in [3.8, 4) is 5.69 Å². The van der Waals surface area contributed by atoms with Crippen molar-refractivity contribution in [1.82, 2.24) is 4.57 Å². The fourth-order valence-corrected chi connectivity index (χ4v) is 5.52. The number of nitrogens with zero attached hydrogens (tertiary/aromatic N) is 1. The van der Waals surface area contributed by atoms with Crippen LogP contribution in [0.4, 0.5) is 4.39 Å². The average Bonchev–Trinajstić information content (AvgIpc) is 3.28. The molecule has 0 saturated carbocycles. The summed E-state index contributed by atoms with van der Waals surface area (Å²) < 4.78 is 28.3. The van der Waals surface area contributed by atoms with Crippen LogP contribution in [0.5, 0.6) is 0 Å². The van der Waals surface area contributed by atoms with Crippen LogP contribution in [-0.4, -0.2) is 4.57 Å². The number of fused-ring (bicyclic) bond motifs is 7. The smallest absolute Gasteiger partial charge is 0.200 e. The maximum atomic E-state index is 14.3. The molecule has 0 radical (unpaired) electrons. The lowest BCUT2D eigenvalue weighted by Gasteiger charge is -2.10. The summed E-state index contributed by atoms with van der Waals surface area (Å²) in [6.45, 7) is 0. The lowest BCUT2D eigenvalue weighted by atomic mass is 10.1. The van der Waals surface area contributed by atoms with E-state index in [0.717, 1.165) is 27.5 Å². The van der Waals surface area contributed by atoms with E-state index in [2.05, 4.69) is 28.8 Å². The largest absolute Gasteiger partial charge is 0.456 e. The summed E-state index contributed by atoms with van der Waals surface area (Å²) in [6.07, 6.45) is 0. The summed E-state index contributed by atoms with van der Waals surface area (Å²) in [7, 11) is 0. The molecule has 180 valence electrons. The van der Waals surface area contributed by atoms with Gasteiger partial charge in [0.1, 0.15) is 16.7 Å². The number of hydrogen-bond donors (Lipinski definition) is 0. The van der Waals surface area contributed by atoms with Crippen molar-refractivity contribution in [2.45, 2.75) is 0 Å². The first-order chi connectivity index (χ1) is 18.6. The average molecular weight is 497 g/mol. The summed E-state index contributed by atoms with van der Waals surface area (Å²) in [5, 5.41) is 3.21. The van der Waals surface area contributed by atoms with Crippen molar-refractivity contribution in [3.05, 3.63) is 123 Å². The fourth-order valence-electron chi connectivity index (χ4n) is 5.52. The molecule has 3 heterocycles. The fraction of sp³-hybridized carbons (Fsp3) is 0. The monoisotopic (exact) mass is 497 g/mol. The molecule has 0 fully saturated rings. The summed E-state index contributed by atoms with van der Waals surface area (Å²) in [6, 6.07) is 29.0. The maximum absolute atomic E-state index is 14.3. The van der Waals surface area contributed by atoms with Crippen molar-refractivity contribution in [3.63, 3.8) is 0 Å². The minimum absolute atomic E-state index is 0.121. The Kier molecular flexibility index (Phi) is 4.07. The van der Waals surface area contributed by atoms with Crippen LogP contribution in [0.2, 0.25) is 0 Å². The molecule has 5 nitrogen and oxygen atoms in total. The second-order valence-electron chi connectivity index (χ2n) is 9.37. The molecule has 3 aromatic heterocycles. The highest BCUT2D eigenvalue weighted by atomic mass is 19.1. The van der Waals surface area contributed by atoms with E-state index in [0.29, 0.717) is 11.0 Å². The zero-order chi connectivity index (χ0) is 25.5. The highest BCUT2D eigenvalue weighted by Gasteiger charge is 2.17. The second kappa shape index (κ2) is 7.40. The third-order valence-corrected chi connectivity index (χ3v) is 7.26. The molecule has 0 unspecified atom stereocenters. The van der Waals surface area contributed by atoms with Crippen LogP contribution in [0, 0.1) is 5.82 Å². The highest BCUT2D eigenvalue weighted by molar-refractivity contribution is 6.09. The van der Waals surface area contributed by atoms with Crippen LogP contribution in [0.3, 0.4) is 0 Å². The molecule has 0 aliphatic carbocycles. The van der Waals surface area contributed by atoms with Crippen molar-refractivity contribution in [1.29, 1.82) is 0 Å².